The van der Waals surface area contributed by atoms with E-state index in [1.165, 1.54) is 0 Å². The average Bonchev–Trinajstić information content (AvgIpc) is 3.07. The standard InChI is InChI=1S/C19H18ClN3O/c1-13(10-16-11-21-12-22-16)23-19(14-6-8-15(20)9-7-14)17-4-2-3-5-18(17)24/h2-9,11-13,24H,10H2,1H3,(H,21,22)/t13-/m1/s1. The number of nitrogens with zero attached hydrogens (tertiary/aromatic N) is 2. The van der Waals surface area contributed by atoms with Crippen molar-refractivity contribution in [1.82, 2.24) is 9.97 Å². The lowest BCUT2D eigenvalue weighted by Crippen LogP contribution is -2.11. The monoisotopic (exact) mass is 339 g/mol. The molecule has 0 saturated carbocycles. The van der Waals surface area contributed by atoms with Gasteiger partial charge in [-0.2, -0.15) is 0 Å². The van der Waals surface area contributed by atoms with Crippen LogP contribution in [0.15, 0.2) is 66.0 Å². The summed E-state index contributed by atoms with van der Waals surface area (Å²) < 4.78 is 0. The number of aromatic nitrogens is 2. The third-order valence-corrected chi connectivity index (χ3v) is 3.95. The van der Waals surface area contributed by atoms with E-state index in [4.69, 9.17) is 16.6 Å². The molecule has 24 heavy (non-hydrogen) atoms. The molecule has 0 bridgehead atoms. The molecule has 0 fully saturated rings. The highest BCUT2D eigenvalue weighted by Gasteiger charge is 2.13. The normalized spacial score (nSPS) is 13.0. The van der Waals surface area contributed by atoms with Crippen LogP contribution in [-0.2, 0) is 6.42 Å². The molecule has 3 aromatic rings. The summed E-state index contributed by atoms with van der Waals surface area (Å²) in [4.78, 5) is 12.0. The summed E-state index contributed by atoms with van der Waals surface area (Å²) in [5, 5.41) is 10.9. The van der Waals surface area contributed by atoms with Crippen LogP contribution in [0.3, 0.4) is 0 Å². The third kappa shape index (κ3) is 3.84. The van der Waals surface area contributed by atoms with Gasteiger partial charge in [-0.1, -0.05) is 35.9 Å². The minimum absolute atomic E-state index is 0.0238. The summed E-state index contributed by atoms with van der Waals surface area (Å²) in [6.45, 7) is 2.04. The molecule has 122 valence electrons. The zero-order valence-corrected chi connectivity index (χ0v) is 14.0. The fourth-order valence-electron chi connectivity index (χ4n) is 2.56. The number of hydrogen-bond donors (Lipinski definition) is 2. The lowest BCUT2D eigenvalue weighted by Gasteiger charge is -2.13. The topological polar surface area (TPSA) is 61.3 Å². The van der Waals surface area contributed by atoms with E-state index in [1.807, 2.05) is 43.3 Å². The van der Waals surface area contributed by atoms with E-state index in [0.29, 0.717) is 10.6 Å². The Kier molecular flexibility index (Phi) is 4.96. The fourth-order valence-corrected chi connectivity index (χ4v) is 2.69. The maximum Gasteiger partial charge on any atom is 0.124 e. The summed E-state index contributed by atoms with van der Waals surface area (Å²) in [6.07, 6.45) is 4.20. The Balaban J connectivity index is 1.99. The van der Waals surface area contributed by atoms with Crippen LogP contribution in [0, 0.1) is 0 Å². The van der Waals surface area contributed by atoms with E-state index in [1.54, 1.807) is 24.7 Å². The van der Waals surface area contributed by atoms with E-state index >= 15 is 0 Å². The van der Waals surface area contributed by atoms with Gasteiger partial charge in [-0.3, -0.25) is 4.99 Å². The Bertz CT molecular complexity index is 826. The van der Waals surface area contributed by atoms with Crippen molar-refractivity contribution in [3.8, 4) is 5.75 Å². The fraction of sp³-hybridized carbons (Fsp3) is 0.158. The van der Waals surface area contributed by atoms with Crippen LogP contribution in [0.25, 0.3) is 0 Å². The van der Waals surface area contributed by atoms with E-state index in [2.05, 4.69) is 9.97 Å². The Morgan fingerprint density at radius 1 is 1.21 bits per heavy atom. The molecule has 0 aliphatic heterocycles. The van der Waals surface area contributed by atoms with Gasteiger partial charge >= 0.3 is 0 Å². The van der Waals surface area contributed by atoms with Crippen LogP contribution in [0.1, 0.15) is 23.7 Å². The van der Waals surface area contributed by atoms with Gasteiger partial charge in [0.15, 0.2) is 0 Å². The molecule has 2 N–H and O–H groups in total. The van der Waals surface area contributed by atoms with E-state index in [-0.39, 0.29) is 11.8 Å². The van der Waals surface area contributed by atoms with Gasteiger partial charge in [-0.15, -0.1) is 0 Å². The van der Waals surface area contributed by atoms with Crippen molar-refractivity contribution in [3.05, 3.63) is 82.9 Å². The number of phenolic OH excluding ortho intramolecular Hbond substituents is 1. The summed E-state index contributed by atoms with van der Waals surface area (Å²) in [6, 6.07) is 14.7. The zero-order chi connectivity index (χ0) is 16.9. The lowest BCUT2D eigenvalue weighted by atomic mass is 10.0. The number of aromatic hydroxyl groups is 1. The number of aromatic amines is 1. The SMILES string of the molecule is C[C@H](Cc1cnc[nH]1)N=C(c1ccc(Cl)cc1)c1ccccc1O. The first-order chi connectivity index (χ1) is 11.6. The summed E-state index contributed by atoms with van der Waals surface area (Å²) in [7, 11) is 0. The molecule has 0 aliphatic rings. The third-order valence-electron chi connectivity index (χ3n) is 3.70. The highest BCUT2D eigenvalue weighted by atomic mass is 35.5. The number of aliphatic imine (C=N–C) groups is 1. The van der Waals surface area contributed by atoms with Gasteiger partial charge in [0.05, 0.1) is 18.1 Å². The summed E-state index contributed by atoms with van der Waals surface area (Å²) in [5.41, 5.74) is 3.39. The van der Waals surface area contributed by atoms with E-state index < -0.39 is 0 Å². The number of halogens is 1. The molecule has 4 nitrogen and oxygen atoms in total. The van der Waals surface area contributed by atoms with Gasteiger partial charge in [-0.25, -0.2) is 4.98 Å². The first-order valence-corrected chi connectivity index (χ1v) is 8.10. The van der Waals surface area contributed by atoms with Crippen LogP contribution in [-0.4, -0.2) is 26.8 Å². The molecule has 0 aliphatic carbocycles. The second-order valence-corrected chi connectivity index (χ2v) is 6.07. The molecule has 0 saturated heterocycles. The first kappa shape index (κ1) is 16.3. The second kappa shape index (κ2) is 7.32. The van der Waals surface area contributed by atoms with Crippen molar-refractivity contribution in [3.63, 3.8) is 0 Å². The van der Waals surface area contributed by atoms with Gasteiger partial charge in [0.1, 0.15) is 5.75 Å². The Morgan fingerprint density at radius 2 is 1.96 bits per heavy atom. The van der Waals surface area contributed by atoms with Gasteiger partial charge in [0, 0.05) is 34.5 Å². The van der Waals surface area contributed by atoms with Crippen molar-refractivity contribution in [2.75, 3.05) is 0 Å². The minimum Gasteiger partial charge on any atom is -0.507 e. The number of phenols is 1. The van der Waals surface area contributed by atoms with Crippen LogP contribution in [0.4, 0.5) is 0 Å². The number of imidazole rings is 1. The Hall–Kier alpha value is -2.59. The molecule has 3 rings (SSSR count). The molecule has 0 radical (unpaired) electrons. The van der Waals surface area contributed by atoms with Gasteiger partial charge in [0.25, 0.3) is 0 Å². The van der Waals surface area contributed by atoms with Gasteiger partial charge in [-0.05, 0) is 31.2 Å². The van der Waals surface area contributed by atoms with Crippen molar-refractivity contribution in [2.45, 2.75) is 19.4 Å². The number of para-hydroxylation sites is 1. The summed E-state index contributed by atoms with van der Waals surface area (Å²) in [5.74, 6) is 0.208. The molecule has 1 aromatic heterocycles. The first-order valence-electron chi connectivity index (χ1n) is 7.73. The van der Waals surface area contributed by atoms with Gasteiger partial charge < -0.3 is 10.1 Å². The molecule has 0 spiro atoms. The predicted molar refractivity (Wildman–Crippen MR) is 97.0 cm³/mol. The molecule has 5 heteroatoms. The average molecular weight is 340 g/mol. The van der Waals surface area contributed by atoms with Crippen LogP contribution in [0.5, 0.6) is 5.75 Å². The predicted octanol–water partition coefficient (Wildman–Crippen LogP) is 4.24. The van der Waals surface area contributed by atoms with Crippen LogP contribution >= 0.6 is 11.6 Å². The molecular weight excluding hydrogens is 322 g/mol. The second-order valence-electron chi connectivity index (χ2n) is 5.63. The largest absolute Gasteiger partial charge is 0.507 e. The van der Waals surface area contributed by atoms with Crippen molar-refractivity contribution >= 4 is 17.3 Å². The maximum atomic E-state index is 10.2. The van der Waals surface area contributed by atoms with Crippen molar-refractivity contribution in [1.29, 1.82) is 0 Å². The van der Waals surface area contributed by atoms with Crippen molar-refractivity contribution < 1.29 is 5.11 Å². The highest BCUT2D eigenvalue weighted by Crippen LogP contribution is 2.23. The molecule has 0 amide bonds. The molecule has 0 unspecified atom stereocenters. The Morgan fingerprint density at radius 3 is 2.62 bits per heavy atom. The maximum absolute atomic E-state index is 10.2. The molecule has 1 atom stereocenters. The van der Waals surface area contributed by atoms with Crippen LogP contribution < -0.4 is 0 Å². The number of hydrogen-bond acceptors (Lipinski definition) is 3. The number of nitrogens with one attached hydrogen (secondary N) is 1. The zero-order valence-electron chi connectivity index (χ0n) is 13.3. The number of benzene rings is 2. The number of H-pyrrole nitrogens is 1. The molecule has 1 heterocycles. The summed E-state index contributed by atoms with van der Waals surface area (Å²) >= 11 is 5.99. The van der Waals surface area contributed by atoms with Gasteiger partial charge in [0.2, 0.25) is 0 Å². The highest BCUT2D eigenvalue weighted by molar-refractivity contribution is 6.30. The van der Waals surface area contributed by atoms with E-state index in [0.717, 1.165) is 23.4 Å². The van der Waals surface area contributed by atoms with Crippen LogP contribution in [0.2, 0.25) is 5.02 Å². The lowest BCUT2D eigenvalue weighted by molar-refractivity contribution is 0.474. The molecule has 2 aromatic carbocycles. The van der Waals surface area contributed by atoms with E-state index in [9.17, 15) is 5.11 Å². The number of rotatable bonds is 5. The smallest absolute Gasteiger partial charge is 0.124 e. The Labute approximate surface area is 145 Å². The van der Waals surface area contributed by atoms with Crippen molar-refractivity contribution in [2.24, 2.45) is 4.99 Å². The molecular formula is C19H18ClN3O. The quantitative estimate of drug-likeness (QED) is 0.683. The minimum atomic E-state index is 0.0238.